The summed E-state index contributed by atoms with van der Waals surface area (Å²) in [6.45, 7) is 1.51. The van der Waals surface area contributed by atoms with Crippen LogP contribution in [-0.4, -0.2) is 0 Å². The van der Waals surface area contributed by atoms with E-state index in [2.05, 4.69) is 0 Å². The van der Waals surface area contributed by atoms with Crippen molar-refractivity contribution in [2.24, 2.45) is 0 Å². The Morgan fingerprint density at radius 3 is 1.61 bits per heavy atom. The van der Waals surface area contributed by atoms with Crippen LogP contribution in [0.2, 0.25) is 0 Å². The van der Waals surface area contributed by atoms with Crippen molar-refractivity contribution in [3.05, 3.63) is 71.3 Å². The van der Waals surface area contributed by atoms with Gasteiger partial charge in [-0.15, -0.1) is 0 Å². The van der Waals surface area contributed by atoms with Crippen LogP contribution in [-0.2, 0) is 12.4 Å². The molecule has 0 heterocycles. The van der Waals surface area contributed by atoms with Gasteiger partial charge in [0.05, 0.1) is 0 Å². The van der Waals surface area contributed by atoms with E-state index in [1.807, 2.05) is 0 Å². The van der Waals surface area contributed by atoms with Gasteiger partial charge in [0.15, 0.2) is 11.5 Å². The fourth-order valence-corrected chi connectivity index (χ4v) is 2.78. The van der Waals surface area contributed by atoms with E-state index in [9.17, 15) is 26.3 Å². The summed E-state index contributed by atoms with van der Waals surface area (Å²) >= 11 is 0. The maximum atomic E-state index is 13.4. The largest absolute Gasteiger partial charge is 0.453 e. The standard InChI is InChI=1S/C21H16F6N2O2/c1-11-3-2-4-18(30-16-7-5-12(28)9-14(16)20(22,23)24)19(11)31-17-8-6-13(29)10-15(17)21(25,26)27/h2-10H,28-29H2,1H3. The first-order valence-electron chi connectivity index (χ1n) is 8.75. The van der Waals surface area contributed by atoms with Gasteiger partial charge >= 0.3 is 12.4 Å². The van der Waals surface area contributed by atoms with Crippen molar-refractivity contribution < 1.29 is 35.8 Å². The summed E-state index contributed by atoms with van der Waals surface area (Å²) in [7, 11) is 0. The molecule has 0 atom stereocenters. The van der Waals surface area contributed by atoms with Gasteiger partial charge < -0.3 is 20.9 Å². The summed E-state index contributed by atoms with van der Waals surface area (Å²) in [4.78, 5) is 0. The van der Waals surface area contributed by atoms with Crippen LogP contribution in [0.3, 0.4) is 0 Å². The monoisotopic (exact) mass is 442 g/mol. The van der Waals surface area contributed by atoms with Crippen LogP contribution in [0, 0.1) is 6.92 Å². The molecule has 4 N–H and O–H groups in total. The minimum Gasteiger partial charge on any atom is -0.453 e. The summed E-state index contributed by atoms with van der Waals surface area (Å²) in [5.74, 6) is -1.54. The molecule has 0 bridgehead atoms. The van der Waals surface area contributed by atoms with Crippen molar-refractivity contribution in [2.45, 2.75) is 19.3 Å². The van der Waals surface area contributed by atoms with E-state index in [1.54, 1.807) is 0 Å². The third kappa shape index (κ3) is 4.96. The molecule has 3 aromatic carbocycles. The van der Waals surface area contributed by atoms with Gasteiger partial charge in [-0.2, -0.15) is 26.3 Å². The van der Waals surface area contributed by atoms with E-state index in [4.69, 9.17) is 20.9 Å². The number of benzene rings is 3. The van der Waals surface area contributed by atoms with Crippen molar-refractivity contribution in [1.82, 2.24) is 0 Å². The Morgan fingerprint density at radius 1 is 0.645 bits per heavy atom. The molecule has 0 aliphatic rings. The first-order chi connectivity index (χ1) is 14.4. The van der Waals surface area contributed by atoms with Gasteiger partial charge in [0.1, 0.15) is 22.6 Å². The zero-order valence-electron chi connectivity index (χ0n) is 15.9. The smallest absolute Gasteiger partial charge is 0.420 e. The quantitative estimate of drug-likeness (QED) is 0.345. The summed E-state index contributed by atoms with van der Waals surface area (Å²) in [5.41, 5.74) is 8.71. The molecule has 0 aromatic heterocycles. The van der Waals surface area contributed by atoms with Crippen molar-refractivity contribution in [2.75, 3.05) is 11.5 Å². The highest BCUT2D eigenvalue weighted by atomic mass is 19.4. The molecule has 0 spiro atoms. The molecule has 0 saturated carbocycles. The molecule has 3 rings (SSSR count). The highest BCUT2D eigenvalue weighted by Gasteiger charge is 2.36. The molecule has 0 saturated heterocycles. The van der Waals surface area contributed by atoms with Crippen molar-refractivity contribution >= 4 is 11.4 Å². The highest BCUT2D eigenvalue weighted by molar-refractivity contribution is 5.56. The van der Waals surface area contributed by atoms with Gasteiger partial charge in [-0.3, -0.25) is 0 Å². The predicted octanol–water partition coefficient (Wildman–Crippen LogP) is 6.78. The summed E-state index contributed by atoms with van der Waals surface area (Å²) in [6, 6.07) is 10.1. The Hall–Kier alpha value is -3.56. The number of hydrogen-bond donors (Lipinski definition) is 2. The lowest BCUT2D eigenvalue weighted by atomic mass is 10.1. The van der Waals surface area contributed by atoms with E-state index < -0.39 is 35.0 Å². The number of aryl methyl sites for hydroxylation is 1. The number of nitrogen functional groups attached to an aromatic ring is 2. The van der Waals surface area contributed by atoms with Gasteiger partial charge in [0, 0.05) is 11.4 Å². The zero-order chi connectivity index (χ0) is 23.0. The average Bonchev–Trinajstić information content (AvgIpc) is 2.65. The molecule has 0 fully saturated rings. The Balaban J connectivity index is 2.07. The van der Waals surface area contributed by atoms with Crippen molar-refractivity contribution in [3.8, 4) is 23.0 Å². The Morgan fingerprint density at radius 2 is 1.13 bits per heavy atom. The summed E-state index contributed by atoms with van der Waals surface area (Å²) in [6.07, 6.45) is -9.54. The molecule has 0 aliphatic heterocycles. The lowest BCUT2D eigenvalue weighted by Gasteiger charge is -2.19. The van der Waals surface area contributed by atoms with Crippen LogP contribution in [0.25, 0.3) is 0 Å². The molecule has 3 aromatic rings. The third-order valence-corrected chi connectivity index (χ3v) is 4.23. The predicted molar refractivity (Wildman–Crippen MR) is 103 cm³/mol. The summed E-state index contributed by atoms with van der Waals surface area (Å²) < 4.78 is 91.2. The Bertz CT molecular complexity index is 1110. The number of rotatable bonds is 4. The molecule has 164 valence electrons. The Kier molecular flexibility index (Phi) is 5.66. The molecule has 4 nitrogen and oxygen atoms in total. The lowest BCUT2D eigenvalue weighted by molar-refractivity contribution is -0.139. The second kappa shape index (κ2) is 7.93. The van der Waals surface area contributed by atoms with Gasteiger partial charge in [-0.1, -0.05) is 12.1 Å². The third-order valence-electron chi connectivity index (χ3n) is 4.23. The van der Waals surface area contributed by atoms with Gasteiger partial charge in [0.25, 0.3) is 0 Å². The summed E-state index contributed by atoms with van der Waals surface area (Å²) in [5, 5.41) is 0. The van der Waals surface area contributed by atoms with Crippen LogP contribution in [0.4, 0.5) is 37.7 Å². The second-order valence-corrected chi connectivity index (χ2v) is 6.61. The topological polar surface area (TPSA) is 70.5 Å². The van der Waals surface area contributed by atoms with E-state index in [1.165, 1.54) is 37.3 Å². The fraction of sp³-hybridized carbons (Fsp3) is 0.143. The molecular weight excluding hydrogens is 426 g/mol. The molecular formula is C21H16F6N2O2. The SMILES string of the molecule is Cc1cccc(Oc2ccc(N)cc2C(F)(F)F)c1Oc1ccc(N)cc1C(F)(F)F. The fourth-order valence-electron chi connectivity index (χ4n) is 2.78. The first-order valence-corrected chi connectivity index (χ1v) is 8.75. The average molecular weight is 442 g/mol. The van der Waals surface area contributed by atoms with Gasteiger partial charge in [-0.05, 0) is 55.0 Å². The first kappa shape index (κ1) is 22.1. The molecule has 0 amide bonds. The maximum absolute atomic E-state index is 13.4. The second-order valence-electron chi connectivity index (χ2n) is 6.61. The van der Waals surface area contributed by atoms with E-state index in [0.717, 1.165) is 12.1 Å². The molecule has 0 radical (unpaired) electrons. The zero-order valence-corrected chi connectivity index (χ0v) is 15.9. The molecule has 31 heavy (non-hydrogen) atoms. The van der Waals surface area contributed by atoms with E-state index in [0.29, 0.717) is 17.7 Å². The Labute approximate surface area is 173 Å². The van der Waals surface area contributed by atoms with Gasteiger partial charge in [-0.25, -0.2) is 0 Å². The van der Waals surface area contributed by atoms with Crippen LogP contribution >= 0.6 is 0 Å². The minimum atomic E-state index is -4.77. The number of ether oxygens (including phenoxy) is 2. The van der Waals surface area contributed by atoms with Crippen LogP contribution in [0.5, 0.6) is 23.0 Å². The molecule has 0 aliphatic carbocycles. The van der Waals surface area contributed by atoms with Crippen molar-refractivity contribution in [1.29, 1.82) is 0 Å². The number of nitrogens with two attached hydrogens (primary N) is 2. The lowest BCUT2D eigenvalue weighted by Crippen LogP contribution is -2.09. The number of anilines is 2. The number of hydrogen-bond acceptors (Lipinski definition) is 4. The normalized spacial score (nSPS) is 12.0. The van der Waals surface area contributed by atoms with E-state index in [-0.39, 0.29) is 22.9 Å². The molecule has 0 unspecified atom stereocenters. The van der Waals surface area contributed by atoms with Gasteiger partial charge in [0.2, 0.25) is 0 Å². The van der Waals surface area contributed by atoms with E-state index >= 15 is 0 Å². The van der Waals surface area contributed by atoms with Crippen LogP contribution < -0.4 is 20.9 Å². The number of halogens is 6. The maximum Gasteiger partial charge on any atom is 0.420 e. The number of alkyl halides is 6. The van der Waals surface area contributed by atoms with Crippen LogP contribution in [0.1, 0.15) is 16.7 Å². The van der Waals surface area contributed by atoms with Crippen LogP contribution in [0.15, 0.2) is 54.6 Å². The highest BCUT2D eigenvalue weighted by Crippen LogP contribution is 2.45. The number of para-hydroxylation sites is 1. The molecule has 10 heteroatoms. The van der Waals surface area contributed by atoms with Crippen molar-refractivity contribution in [3.63, 3.8) is 0 Å². The minimum absolute atomic E-state index is 0.127.